The van der Waals surface area contributed by atoms with E-state index in [4.69, 9.17) is 25.8 Å². The lowest BCUT2D eigenvalue weighted by Gasteiger charge is -2.16. The van der Waals surface area contributed by atoms with Crippen LogP contribution in [-0.4, -0.2) is 18.2 Å². The molecular weight excluding hydrogens is 433 g/mol. The van der Waals surface area contributed by atoms with Crippen LogP contribution in [0.1, 0.15) is 26.3 Å². The van der Waals surface area contributed by atoms with E-state index < -0.39 is 23.8 Å². The first-order valence-electron chi connectivity index (χ1n) is 9.48. The Morgan fingerprint density at radius 1 is 0.903 bits per heavy atom. The van der Waals surface area contributed by atoms with Crippen molar-refractivity contribution in [3.63, 3.8) is 0 Å². The minimum Gasteiger partial charge on any atom is -0.479 e. The molecule has 8 heteroatoms. The maximum Gasteiger partial charge on any atom is 0.416 e. The number of esters is 1. The Hall–Kier alpha value is -2.93. The third kappa shape index (κ3) is 5.82. The summed E-state index contributed by atoms with van der Waals surface area (Å²) in [6.07, 6.45) is -5.52. The molecular formula is C23H20ClF3O4. The molecule has 0 amide bonds. The van der Waals surface area contributed by atoms with Gasteiger partial charge in [0.2, 0.25) is 0 Å². The van der Waals surface area contributed by atoms with E-state index in [1.54, 1.807) is 51.1 Å². The Kier molecular flexibility index (Phi) is 6.65. The Labute approximate surface area is 182 Å². The van der Waals surface area contributed by atoms with Crippen molar-refractivity contribution in [3.8, 4) is 17.2 Å². The SMILES string of the molecule is CC(C)OC(=O)[C@@H](C)Oc1ccc2ccc(Oc3ccc(C(F)(F)F)cc3Cl)cc2c1. The van der Waals surface area contributed by atoms with Gasteiger partial charge in [0.1, 0.15) is 17.2 Å². The van der Waals surface area contributed by atoms with Crippen molar-refractivity contribution >= 4 is 28.3 Å². The quantitative estimate of drug-likeness (QED) is 0.377. The summed E-state index contributed by atoms with van der Waals surface area (Å²) in [5.74, 6) is 0.486. The van der Waals surface area contributed by atoms with Gasteiger partial charge in [-0.1, -0.05) is 23.7 Å². The van der Waals surface area contributed by atoms with Crippen molar-refractivity contribution in [1.82, 2.24) is 0 Å². The van der Waals surface area contributed by atoms with E-state index in [9.17, 15) is 18.0 Å². The number of fused-ring (bicyclic) bond motifs is 1. The van der Waals surface area contributed by atoms with Gasteiger partial charge in [-0.3, -0.25) is 0 Å². The van der Waals surface area contributed by atoms with Crippen LogP contribution in [0.2, 0.25) is 5.02 Å². The molecule has 31 heavy (non-hydrogen) atoms. The molecule has 0 spiro atoms. The number of ether oxygens (including phenoxy) is 3. The summed E-state index contributed by atoms with van der Waals surface area (Å²) in [6.45, 7) is 5.11. The van der Waals surface area contributed by atoms with Crippen molar-refractivity contribution in [2.75, 3.05) is 0 Å². The highest BCUT2D eigenvalue weighted by molar-refractivity contribution is 6.32. The lowest BCUT2D eigenvalue weighted by atomic mass is 10.1. The van der Waals surface area contributed by atoms with Crippen LogP contribution in [-0.2, 0) is 15.7 Å². The van der Waals surface area contributed by atoms with E-state index in [0.29, 0.717) is 11.5 Å². The second-order valence-electron chi connectivity index (χ2n) is 7.16. The molecule has 0 heterocycles. The van der Waals surface area contributed by atoms with Crippen molar-refractivity contribution in [2.24, 2.45) is 0 Å². The molecule has 0 fully saturated rings. The second-order valence-corrected chi connectivity index (χ2v) is 7.57. The average molecular weight is 453 g/mol. The summed E-state index contributed by atoms with van der Waals surface area (Å²) in [5.41, 5.74) is -0.852. The van der Waals surface area contributed by atoms with Crippen LogP contribution in [0.3, 0.4) is 0 Å². The van der Waals surface area contributed by atoms with E-state index in [2.05, 4.69) is 0 Å². The third-order valence-corrected chi connectivity index (χ3v) is 4.56. The Morgan fingerprint density at radius 3 is 2.16 bits per heavy atom. The highest BCUT2D eigenvalue weighted by Gasteiger charge is 2.31. The smallest absolute Gasteiger partial charge is 0.416 e. The minimum atomic E-state index is -4.49. The van der Waals surface area contributed by atoms with E-state index in [0.717, 1.165) is 22.9 Å². The molecule has 164 valence electrons. The van der Waals surface area contributed by atoms with E-state index in [1.165, 1.54) is 6.07 Å². The zero-order valence-corrected chi connectivity index (χ0v) is 17.8. The van der Waals surface area contributed by atoms with E-state index in [1.807, 2.05) is 6.07 Å². The normalized spacial score (nSPS) is 12.6. The van der Waals surface area contributed by atoms with Crippen molar-refractivity contribution in [2.45, 2.75) is 39.2 Å². The van der Waals surface area contributed by atoms with Crippen molar-refractivity contribution in [1.29, 1.82) is 0 Å². The highest BCUT2D eigenvalue weighted by Crippen LogP contribution is 2.37. The van der Waals surface area contributed by atoms with Gasteiger partial charge in [0.05, 0.1) is 16.7 Å². The molecule has 1 atom stereocenters. The van der Waals surface area contributed by atoms with Crippen LogP contribution in [0.5, 0.6) is 17.2 Å². The number of benzene rings is 3. The largest absolute Gasteiger partial charge is 0.479 e. The van der Waals surface area contributed by atoms with Gasteiger partial charge in [0.25, 0.3) is 0 Å². The fourth-order valence-corrected chi connectivity index (χ4v) is 3.03. The second kappa shape index (κ2) is 9.06. The standard InChI is InChI=1S/C23H20ClF3O4/c1-13(2)29-22(28)14(3)30-18-7-4-15-5-8-19(11-16(15)10-18)31-21-9-6-17(12-20(21)24)23(25,26)27/h4-14H,1-3H3/t14-/m1/s1. The fraction of sp³-hybridized carbons (Fsp3) is 0.261. The van der Waals surface area contributed by atoms with Gasteiger partial charge in [-0.15, -0.1) is 0 Å². The molecule has 3 aromatic carbocycles. The summed E-state index contributed by atoms with van der Waals surface area (Å²) in [6, 6.07) is 13.4. The summed E-state index contributed by atoms with van der Waals surface area (Å²) in [5, 5.41) is 1.49. The van der Waals surface area contributed by atoms with Gasteiger partial charge in [-0.25, -0.2) is 4.79 Å². The molecule has 0 aliphatic carbocycles. The minimum absolute atomic E-state index is 0.103. The summed E-state index contributed by atoms with van der Waals surface area (Å²) >= 11 is 5.96. The van der Waals surface area contributed by atoms with Gasteiger partial charge in [0, 0.05) is 0 Å². The maximum atomic E-state index is 12.8. The summed E-state index contributed by atoms with van der Waals surface area (Å²) in [7, 11) is 0. The molecule has 0 radical (unpaired) electrons. The molecule has 0 bridgehead atoms. The Bertz CT molecular complexity index is 1100. The van der Waals surface area contributed by atoms with Gasteiger partial charge in [-0.05, 0) is 74.0 Å². The van der Waals surface area contributed by atoms with Crippen molar-refractivity contribution in [3.05, 3.63) is 65.2 Å². The first kappa shape index (κ1) is 22.7. The van der Waals surface area contributed by atoms with Gasteiger partial charge < -0.3 is 14.2 Å². The highest BCUT2D eigenvalue weighted by atomic mass is 35.5. The summed E-state index contributed by atoms with van der Waals surface area (Å²) in [4.78, 5) is 11.9. The van der Waals surface area contributed by atoms with Gasteiger partial charge in [0.15, 0.2) is 6.10 Å². The lowest BCUT2D eigenvalue weighted by Crippen LogP contribution is -2.28. The van der Waals surface area contributed by atoms with Crippen LogP contribution in [0.4, 0.5) is 13.2 Å². The number of alkyl halides is 3. The number of hydrogen-bond donors (Lipinski definition) is 0. The van der Waals surface area contributed by atoms with E-state index >= 15 is 0 Å². The molecule has 0 N–H and O–H groups in total. The molecule has 0 aliphatic heterocycles. The summed E-state index contributed by atoms with van der Waals surface area (Å²) < 4.78 is 54.9. The Balaban J connectivity index is 1.80. The first-order chi connectivity index (χ1) is 14.5. The predicted octanol–water partition coefficient (Wildman–Crippen LogP) is 7.02. The Morgan fingerprint density at radius 2 is 1.55 bits per heavy atom. The predicted molar refractivity (Wildman–Crippen MR) is 112 cm³/mol. The molecule has 3 aromatic rings. The third-order valence-electron chi connectivity index (χ3n) is 4.27. The number of hydrogen-bond acceptors (Lipinski definition) is 4. The number of halogens is 4. The van der Waals surface area contributed by atoms with Crippen LogP contribution < -0.4 is 9.47 Å². The molecule has 0 saturated carbocycles. The molecule has 0 unspecified atom stereocenters. The monoisotopic (exact) mass is 452 g/mol. The van der Waals surface area contributed by atoms with Crippen molar-refractivity contribution < 1.29 is 32.2 Å². The topological polar surface area (TPSA) is 44.8 Å². The van der Waals surface area contributed by atoms with Crippen LogP contribution >= 0.6 is 11.6 Å². The lowest BCUT2D eigenvalue weighted by molar-refractivity contribution is -0.154. The average Bonchev–Trinajstić information content (AvgIpc) is 2.68. The molecule has 4 nitrogen and oxygen atoms in total. The molecule has 0 aromatic heterocycles. The first-order valence-corrected chi connectivity index (χ1v) is 9.86. The number of carbonyl (C=O) groups excluding carboxylic acids is 1. The van der Waals surface area contributed by atoms with Crippen LogP contribution in [0, 0.1) is 0 Å². The zero-order chi connectivity index (χ0) is 22.8. The van der Waals surface area contributed by atoms with E-state index in [-0.39, 0.29) is 16.9 Å². The molecule has 0 aliphatic rings. The zero-order valence-electron chi connectivity index (χ0n) is 17.0. The fourth-order valence-electron chi connectivity index (χ4n) is 2.81. The van der Waals surface area contributed by atoms with Gasteiger partial charge in [-0.2, -0.15) is 13.2 Å². The number of carbonyl (C=O) groups is 1. The number of rotatable bonds is 6. The van der Waals surface area contributed by atoms with Gasteiger partial charge >= 0.3 is 12.1 Å². The molecule has 3 rings (SSSR count). The molecule has 0 saturated heterocycles. The van der Waals surface area contributed by atoms with Crippen LogP contribution in [0.15, 0.2) is 54.6 Å². The maximum absolute atomic E-state index is 12.8. The van der Waals surface area contributed by atoms with Crippen LogP contribution in [0.25, 0.3) is 10.8 Å².